The molecule has 2 aliphatic rings. The van der Waals surface area contributed by atoms with Gasteiger partial charge >= 0.3 is 12.2 Å². The Morgan fingerprint density at radius 3 is 2.48 bits per heavy atom. The Balaban J connectivity index is 1.62. The number of hydrogen-bond acceptors (Lipinski definition) is 4. The zero-order valence-corrected chi connectivity index (χ0v) is 15.8. The molecule has 4 amide bonds. The third-order valence-corrected chi connectivity index (χ3v) is 5.01. The van der Waals surface area contributed by atoms with Crippen LogP contribution < -0.4 is 15.5 Å². The molecule has 3 rings (SSSR count). The summed E-state index contributed by atoms with van der Waals surface area (Å²) in [5, 5.41) is 4.85. The van der Waals surface area contributed by atoms with Gasteiger partial charge in [-0.05, 0) is 43.9 Å². The van der Waals surface area contributed by atoms with E-state index in [1.165, 1.54) is 12.1 Å². The topological polar surface area (TPSA) is 81.8 Å². The van der Waals surface area contributed by atoms with Crippen molar-refractivity contribution in [1.29, 1.82) is 0 Å². The largest absolute Gasteiger partial charge is 0.418 e. The predicted molar refractivity (Wildman–Crippen MR) is 100 cm³/mol. The molecule has 0 saturated carbocycles. The predicted octanol–water partition coefficient (Wildman–Crippen LogP) is 2.97. The fourth-order valence-corrected chi connectivity index (χ4v) is 3.55. The van der Waals surface area contributed by atoms with Gasteiger partial charge in [0.25, 0.3) is 0 Å². The van der Waals surface area contributed by atoms with Crippen LogP contribution in [0.5, 0.6) is 0 Å². The van der Waals surface area contributed by atoms with E-state index in [2.05, 4.69) is 10.6 Å². The first kappa shape index (κ1) is 20.9. The molecule has 29 heavy (non-hydrogen) atoms. The Morgan fingerprint density at radius 2 is 1.86 bits per heavy atom. The molecule has 10 heteroatoms. The van der Waals surface area contributed by atoms with Gasteiger partial charge in [-0.25, -0.2) is 4.79 Å². The van der Waals surface area contributed by atoms with Gasteiger partial charge in [0.1, 0.15) is 0 Å². The highest BCUT2D eigenvalue weighted by atomic mass is 19.4. The lowest BCUT2D eigenvalue weighted by atomic mass is 10.1. The molecule has 2 heterocycles. The number of amides is 4. The maximum Gasteiger partial charge on any atom is 0.418 e. The number of rotatable bonds is 6. The fourth-order valence-electron chi connectivity index (χ4n) is 3.55. The standard InChI is InChI=1S/C19H23F3N4O3/c20-19(21,22)14-11-13(6-7-15(14)25-8-2-1-3-9-25)24-16(27)5-4-10-26-17(28)12-23-18(26)29/h6-7,11H,1-5,8-10,12H2,(H,23,29)(H,24,27). The van der Waals surface area contributed by atoms with Crippen molar-refractivity contribution in [1.82, 2.24) is 10.2 Å². The number of nitrogens with one attached hydrogen (secondary N) is 2. The second-order valence-corrected chi connectivity index (χ2v) is 7.13. The van der Waals surface area contributed by atoms with Crippen LogP contribution in [-0.4, -0.2) is 48.9 Å². The Hall–Kier alpha value is -2.78. The summed E-state index contributed by atoms with van der Waals surface area (Å²) in [7, 11) is 0. The highest BCUT2D eigenvalue weighted by Gasteiger charge is 2.35. The maximum absolute atomic E-state index is 13.6. The minimum Gasteiger partial charge on any atom is -0.371 e. The summed E-state index contributed by atoms with van der Waals surface area (Å²) in [5.41, 5.74) is -0.566. The third kappa shape index (κ3) is 5.18. The van der Waals surface area contributed by atoms with Gasteiger partial charge in [0.05, 0.1) is 12.1 Å². The number of hydrogen-bond donors (Lipinski definition) is 2. The summed E-state index contributed by atoms with van der Waals surface area (Å²) in [6, 6.07) is 3.32. The first-order chi connectivity index (χ1) is 13.8. The van der Waals surface area contributed by atoms with E-state index in [0.717, 1.165) is 30.2 Å². The monoisotopic (exact) mass is 412 g/mol. The highest BCUT2D eigenvalue weighted by Crippen LogP contribution is 2.39. The number of piperidine rings is 1. The maximum atomic E-state index is 13.6. The SMILES string of the molecule is O=C(CCCN1C(=O)CNC1=O)Nc1ccc(N2CCCCC2)c(C(F)(F)F)c1. The Kier molecular flexibility index (Phi) is 6.29. The molecular weight excluding hydrogens is 389 g/mol. The van der Waals surface area contributed by atoms with Gasteiger partial charge in [0.2, 0.25) is 11.8 Å². The highest BCUT2D eigenvalue weighted by molar-refractivity contribution is 6.02. The van der Waals surface area contributed by atoms with Gasteiger partial charge in [-0.1, -0.05) is 0 Å². The molecule has 2 N–H and O–H groups in total. The van der Waals surface area contributed by atoms with Crippen LogP contribution in [0.4, 0.5) is 29.3 Å². The minimum atomic E-state index is -4.53. The average Bonchev–Trinajstić information content (AvgIpc) is 3.00. The summed E-state index contributed by atoms with van der Waals surface area (Å²) in [6.45, 7) is 1.18. The van der Waals surface area contributed by atoms with Gasteiger partial charge in [0.15, 0.2) is 0 Å². The van der Waals surface area contributed by atoms with Crippen molar-refractivity contribution in [2.24, 2.45) is 0 Å². The number of nitrogens with zero attached hydrogens (tertiary/aromatic N) is 2. The van der Waals surface area contributed by atoms with Crippen molar-refractivity contribution in [3.05, 3.63) is 23.8 Å². The first-order valence-corrected chi connectivity index (χ1v) is 9.60. The van der Waals surface area contributed by atoms with Gasteiger partial charge < -0.3 is 15.5 Å². The quantitative estimate of drug-likeness (QED) is 0.704. The van der Waals surface area contributed by atoms with E-state index in [1.54, 1.807) is 4.90 Å². The molecule has 0 aromatic heterocycles. The van der Waals surface area contributed by atoms with Crippen LogP contribution in [0.25, 0.3) is 0 Å². The lowest BCUT2D eigenvalue weighted by Gasteiger charge is -2.31. The molecule has 1 aromatic carbocycles. The minimum absolute atomic E-state index is 0.0215. The van der Waals surface area contributed by atoms with Gasteiger partial charge in [0, 0.05) is 37.4 Å². The van der Waals surface area contributed by atoms with Crippen molar-refractivity contribution >= 4 is 29.2 Å². The zero-order valence-electron chi connectivity index (χ0n) is 15.8. The summed E-state index contributed by atoms with van der Waals surface area (Å²) < 4.78 is 40.7. The smallest absolute Gasteiger partial charge is 0.371 e. The average molecular weight is 412 g/mol. The fraction of sp³-hybridized carbons (Fsp3) is 0.526. The molecule has 0 unspecified atom stereocenters. The molecule has 158 valence electrons. The van der Waals surface area contributed by atoms with Crippen LogP contribution in [0.1, 0.15) is 37.7 Å². The number of carbonyl (C=O) groups is 3. The van der Waals surface area contributed by atoms with E-state index in [-0.39, 0.29) is 43.2 Å². The van der Waals surface area contributed by atoms with E-state index in [1.807, 2.05) is 0 Å². The van der Waals surface area contributed by atoms with Crippen LogP contribution in [0.3, 0.4) is 0 Å². The van der Waals surface area contributed by atoms with Crippen molar-refractivity contribution in [2.45, 2.75) is 38.3 Å². The lowest BCUT2D eigenvalue weighted by molar-refractivity contribution is -0.137. The second-order valence-electron chi connectivity index (χ2n) is 7.13. The van der Waals surface area contributed by atoms with Gasteiger partial charge in [-0.15, -0.1) is 0 Å². The second kappa shape index (κ2) is 8.71. The van der Waals surface area contributed by atoms with Crippen LogP contribution in [0.15, 0.2) is 18.2 Å². The Bertz CT molecular complexity index is 775. The molecular formula is C19H23F3N4O3. The molecule has 2 fully saturated rings. The molecule has 0 radical (unpaired) electrons. The van der Waals surface area contributed by atoms with Crippen molar-refractivity contribution < 1.29 is 27.6 Å². The number of halogens is 3. The van der Waals surface area contributed by atoms with Gasteiger partial charge in [-0.3, -0.25) is 14.5 Å². The number of urea groups is 1. The molecule has 0 bridgehead atoms. The number of benzene rings is 1. The van der Waals surface area contributed by atoms with Crippen LogP contribution in [0.2, 0.25) is 0 Å². The Labute approximate surface area is 166 Å². The molecule has 0 aliphatic carbocycles. The third-order valence-electron chi connectivity index (χ3n) is 5.01. The Morgan fingerprint density at radius 1 is 1.14 bits per heavy atom. The van der Waals surface area contributed by atoms with Crippen LogP contribution in [0, 0.1) is 0 Å². The summed E-state index contributed by atoms with van der Waals surface area (Å²) >= 11 is 0. The molecule has 1 aromatic rings. The van der Waals surface area contributed by atoms with Crippen molar-refractivity contribution in [3.8, 4) is 0 Å². The van der Waals surface area contributed by atoms with E-state index in [0.29, 0.717) is 13.1 Å². The molecule has 0 spiro atoms. The van der Waals surface area contributed by atoms with Gasteiger partial charge in [-0.2, -0.15) is 13.2 Å². The number of alkyl halides is 3. The zero-order chi connectivity index (χ0) is 21.0. The number of carbonyl (C=O) groups excluding carboxylic acids is 3. The number of anilines is 2. The number of imide groups is 1. The summed E-state index contributed by atoms with van der Waals surface area (Å²) in [5.74, 6) is -0.838. The first-order valence-electron chi connectivity index (χ1n) is 9.60. The van der Waals surface area contributed by atoms with Crippen LogP contribution in [-0.2, 0) is 15.8 Å². The molecule has 2 aliphatic heterocycles. The summed E-state index contributed by atoms with van der Waals surface area (Å²) in [4.78, 5) is 37.7. The van der Waals surface area contributed by atoms with E-state index in [4.69, 9.17) is 0 Å². The van der Waals surface area contributed by atoms with E-state index >= 15 is 0 Å². The normalized spacial score (nSPS) is 17.5. The lowest BCUT2D eigenvalue weighted by Crippen LogP contribution is -2.32. The van der Waals surface area contributed by atoms with Crippen molar-refractivity contribution in [2.75, 3.05) is 36.4 Å². The summed E-state index contributed by atoms with van der Waals surface area (Å²) in [6.07, 6.45) is -1.61. The molecule has 2 saturated heterocycles. The molecule has 7 nitrogen and oxygen atoms in total. The van der Waals surface area contributed by atoms with Crippen LogP contribution >= 0.6 is 0 Å². The van der Waals surface area contributed by atoms with E-state index in [9.17, 15) is 27.6 Å². The van der Waals surface area contributed by atoms with Crippen molar-refractivity contribution in [3.63, 3.8) is 0 Å². The molecule has 0 atom stereocenters. The van der Waals surface area contributed by atoms with E-state index < -0.39 is 23.7 Å².